The van der Waals surface area contributed by atoms with Crippen LogP contribution in [-0.4, -0.2) is 60.7 Å². The van der Waals surface area contributed by atoms with Gasteiger partial charge in [-0.15, -0.1) is 6.42 Å². The van der Waals surface area contributed by atoms with Crippen LogP contribution in [0.2, 0.25) is 0 Å². The van der Waals surface area contributed by atoms with E-state index >= 15 is 0 Å². The number of fused-ring (bicyclic) bond motifs is 1. The van der Waals surface area contributed by atoms with Gasteiger partial charge in [0.15, 0.2) is 11.9 Å². The third-order valence-corrected chi connectivity index (χ3v) is 3.87. The number of hydrogen-bond acceptors (Lipinski definition) is 7. The van der Waals surface area contributed by atoms with Crippen molar-refractivity contribution in [3.8, 4) is 12.3 Å². The van der Waals surface area contributed by atoms with Crippen molar-refractivity contribution < 1.29 is 25.1 Å². The maximum atomic E-state index is 14.4. The van der Waals surface area contributed by atoms with Crippen molar-refractivity contribution in [1.82, 2.24) is 19.7 Å². The molecule has 1 aliphatic heterocycles. The van der Waals surface area contributed by atoms with E-state index in [4.69, 9.17) is 17.6 Å². The summed E-state index contributed by atoms with van der Waals surface area (Å²) in [5.74, 6) is -1.53. The average Bonchev–Trinajstić information content (AvgIpc) is 3.14. The van der Waals surface area contributed by atoms with Gasteiger partial charge >= 0.3 is 0 Å². The van der Waals surface area contributed by atoms with Gasteiger partial charge in [0.25, 0.3) is 11.4 Å². The molecule has 2 aromatic heterocycles. The van der Waals surface area contributed by atoms with Gasteiger partial charge in [-0.25, -0.2) is 13.5 Å². The van der Waals surface area contributed by atoms with Crippen LogP contribution in [0.15, 0.2) is 11.0 Å². The molecule has 0 bridgehead atoms. The highest BCUT2D eigenvalue weighted by Gasteiger charge is 2.66. The minimum absolute atomic E-state index is 0.00793. The first-order valence-corrected chi connectivity index (χ1v) is 7.13. The lowest BCUT2D eigenvalue weighted by Gasteiger charge is -2.24. The molecule has 1 fully saturated rings. The molecular formula is C14H15F2N5O4. The number of hydrogen-bond donors (Lipinski definition) is 4. The van der Waals surface area contributed by atoms with Crippen LogP contribution < -0.4 is 10.9 Å². The normalized spacial score (nSPS) is 32.5. The lowest BCUT2D eigenvalue weighted by Crippen LogP contribution is -2.47. The summed E-state index contributed by atoms with van der Waals surface area (Å²) in [5, 5.41) is 25.9. The van der Waals surface area contributed by atoms with Crippen LogP contribution >= 0.6 is 0 Å². The molecule has 25 heavy (non-hydrogen) atoms. The second-order valence-corrected chi connectivity index (χ2v) is 5.41. The molecular weight excluding hydrogens is 340 g/mol. The van der Waals surface area contributed by atoms with E-state index in [1.807, 2.05) is 0 Å². The molecule has 134 valence electrons. The maximum absolute atomic E-state index is 14.4. The van der Waals surface area contributed by atoms with Crippen molar-refractivity contribution in [2.45, 2.75) is 30.8 Å². The van der Waals surface area contributed by atoms with Crippen LogP contribution in [0.3, 0.4) is 0 Å². The molecule has 0 radical (unpaired) electrons. The maximum Gasteiger partial charge on any atom is 0.270 e. The van der Waals surface area contributed by atoms with Crippen LogP contribution in [0.4, 0.5) is 14.7 Å². The SMILES string of the molecule is [3H]CCNc1nc2c(cnn2[C@@H]2O[C@](F)(CO)[C@@H](F)[C@]2(O)C#C)c(=O)[nH]1. The topological polar surface area (TPSA) is 125 Å². The van der Waals surface area contributed by atoms with E-state index in [-0.39, 0.29) is 30.4 Å². The summed E-state index contributed by atoms with van der Waals surface area (Å²) in [4.78, 5) is 18.6. The Morgan fingerprint density at radius 1 is 1.72 bits per heavy atom. The van der Waals surface area contributed by atoms with E-state index in [0.717, 1.165) is 10.9 Å². The van der Waals surface area contributed by atoms with Crippen LogP contribution in [-0.2, 0) is 4.74 Å². The Kier molecular flexibility index (Phi) is 3.68. The average molecular weight is 357 g/mol. The second kappa shape index (κ2) is 5.76. The van der Waals surface area contributed by atoms with Gasteiger partial charge in [0.2, 0.25) is 17.7 Å². The highest BCUT2D eigenvalue weighted by atomic mass is 19.2. The number of H-pyrrole nitrogens is 1. The van der Waals surface area contributed by atoms with Crippen molar-refractivity contribution in [3.63, 3.8) is 0 Å². The van der Waals surface area contributed by atoms with Gasteiger partial charge < -0.3 is 20.3 Å². The fourth-order valence-electron chi connectivity index (χ4n) is 2.60. The molecule has 4 atom stereocenters. The molecule has 0 saturated carbocycles. The predicted molar refractivity (Wildman–Crippen MR) is 82.0 cm³/mol. The molecule has 11 heteroatoms. The molecule has 0 aromatic carbocycles. The minimum Gasteiger partial charge on any atom is -0.390 e. The Morgan fingerprint density at radius 2 is 2.48 bits per heavy atom. The number of rotatable bonds is 4. The fraction of sp³-hybridized carbons (Fsp3) is 0.500. The van der Waals surface area contributed by atoms with Crippen molar-refractivity contribution in [2.24, 2.45) is 0 Å². The Morgan fingerprint density at radius 3 is 3.12 bits per heavy atom. The van der Waals surface area contributed by atoms with E-state index in [1.54, 1.807) is 5.92 Å². The quantitative estimate of drug-likeness (QED) is 0.541. The number of alkyl halides is 2. The van der Waals surface area contributed by atoms with Gasteiger partial charge in [-0.3, -0.25) is 9.78 Å². The number of aliphatic hydroxyl groups is 2. The zero-order valence-electron chi connectivity index (χ0n) is 13.7. The van der Waals surface area contributed by atoms with Gasteiger partial charge in [-0.2, -0.15) is 10.1 Å². The molecule has 3 heterocycles. The zero-order chi connectivity index (χ0) is 19.1. The number of aromatic nitrogens is 4. The van der Waals surface area contributed by atoms with E-state index in [1.165, 1.54) is 0 Å². The summed E-state index contributed by atoms with van der Waals surface area (Å²) in [6, 6.07) is 0. The summed E-state index contributed by atoms with van der Waals surface area (Å²) in [7, 11) is 0. The Bertz CT molecular complexity index is 930. The van der Waals surface area contributed by atoms with Crippen LogP contribution in [0, 0.1) is 12.3 Å². The van der Waals surface area contributed by atoms with E-state index in [2.05, 4.69) is 20.4 Å². The Hall–Kier alpha value is -2.55. The monoisotopic (exact) mass is 357 g/mol. The van der Waals surface area contributed by atoms with E-state index in [9.17, 15) is 18.7 Å². The van der Waals surface area contributed by atoms with Crippen molar-refractivity contribution in [1.29, 1.82) is 0 Å². The number of anilines is 1. The molecule has 0 unspecified atom stereocenters. The number of halogens is 2. The summed E-state index contributed by atoms with van der Waals surface area (Å²) in [6.07, 6.45) is 1.59. The molecule has 1 aliphatic rings. The first-order valence-electron chi connectivity index (χ1n) is 7.84. The highest BCUT2D eigenvalue weighted by Crippen LogP contribution is 2.47. The molecule has 0 spiro atoms. The summed E-state index contributed by atoms with van der Waals surface area (Å²) in [6.45, 7) is -1.20. The number of nitrogens with zero attached hydrogens (tertiary/aromatic N) is 3. The Labute approximate surface area is 141 Å². The van der Waals surface area contributed by atoms with Crippen molar-refractivity contribution in [3.05, 3.63) is 16.6 Å². The zero-order valence-corrected chi connectivity index (χ0v) is 12.7. The molecule has 0 aliphatic carbocycles. The number of aromatic amines is 1. The third kappa shape index (κ3) is 2.38. The second-order valence-electron chi connectivity index (χ2n) is 5.41. The van der Waals surface area contributed by atoms with Crippen LogP contribution in [0.5, 0.6) is 0 Å². The summed E-state index contributed by atoms with van der Waals surface area (Å²) in [5.41, 5.74) is -3.56. The van der Waals surface area contributed by atoms with Crippen molar-refractivity contribution >= 4 is 17.0 Å². The lowest BCUT2D eigenvalue weighted by molar-refractivity contribution is -0.197. The number of ether oxygens (including phenoxy) is 1. The summed E-state index contributed by atoms with van der Waals surface area (Å²) >= 11 is 0. The molecule has 9 nitrogen and oxygen atoms in total. The molecule has 1 saturated heterocycles. The third-order valence-electron chi connectivity index (χ3n) is 3.87. The Balaban J connectivity index is 2.14. The van der Waals surface area contributed by atoms with Gasteiger partial charge in [-0.1, -0.05) is 5.92 Å². The lowest BCUT2D eigenvalue weighted by atomic mass is 9.95. The van der Waals surface area contributed by atoms with Crippen molar-refractivity contribution in [2.75, 3.05) is 18.5 Å². The summed E-state index contributed by atoms with van der Waals surface area (Å²) < 4.78 is 41.5. The smallest absolute Gasteiger partial charge is 0.270 e. The van der Waals surface area contributed by atoms with Gasteiger partial charge in [0, 0.05) is 7.92 Å². The first kappa shape index (κ1) is 15.9. The van der Waals surface area contributed by atoms with E-state index in [0.29, 0.717) is 0 Å². The van der Waals surface area contributed by atoms with Gasteiger partial charge in [0.1, 0.15) is 12.0 Å². The van der Waals surface area contributed by atoms with Crippen LogP contribution in [0.25, 0.3) is 11.0 Å². The molecule has 0 amide bonds. The van der Waals surface area contributed by atoms with Crippen LogP contribution in [0.1, 0.15) is 14.5 Å². The molecule has 4 N–H and O–H groups in total. The standard InChI is InChI=1S/C14H15F2N5O4/c1-3-13(24)10(15)14(16,6-22)25-11(13)21-8-7(5-18-21)9(23)20-12(19-8)17-4-2/h1,5,10-11,22,24H,4,6H2,2H3,(H2,17,19,20,23)/t10-,11+,13+,14+/m0/s1/i2T. The van der Waals surface area contributed by atoms with E-state index < -0.39 is 36.0 Å². The van der Waals surface area contributed by atoms with Gasteiger partial charge in [-0.05, 0) is 6.90 Å². The molecule has 3 rings (SSSR count). The number of aliphatic hydroxyl groups excluding tert-OH is 1. The largest absolute Gasteiger partial charge is 0.390 e. The minimum atomic E-state index is -3.25. The fourth-order valence-corrected chi connectivity index (χ4v) is 2.60. The van der Waals surface area contributed by atoms with Gasteiger partial charge in [0.05, 0.1) is 6.20 Å². The number of terminal acetylenes is 1. The number of nitrogens with one attached hydrogen (secondary N) is 2. The first-order chi connectivity index (χ1) is 12.3. The predicted octanol–water partition coefficient (Wildman–Crippen LogP) is -0.559. The molecule has 2 aromatic rings. The highest BCUT2D eigenvalue weighted by molar-refractivity contribution is 5.74.